The van der Waals surface area contributed by atoms with Crippen LogP contribution in [0.4, 0.5) is 13.2 Å². The van der Waals surface area contributed by atoms with Gasteiger partial charge in [-0.25, -0.2) is 0 Å². The largest absolute Gasteiger partial charge is 0.446 e. The molecule has 6 heteroatoms. The zero-order valence-corrected chi connectivity index (χ0v) is 14.5. The summed E-state index contributed by atoms with van der Waals surface area (Å²) in [5, 5.41) is 3.36. The molecule has 0 amide bonds. The number of nitrogens with zero attached hydrogens (tertiary/aromatic N) is 1. The first-order chi connectivity index (χ1) is 10.9. The molecule has 0 radical (unpaired) electrons. The van der Waals surface area contributed by atoms with Crippen LogP contribution in [0, 0.1) is 5.92 Å². The molecule has 1 aliphatic heterocycles. The molecule has 0 bridgehead atoms. The Morgan fingerprint density at radius 2 is 1.78 bits per heavy atom. The number of benzene rings is 1. The lowest BCUT2D eigenvalue weighted by atomic mass is 9.89. The van der Waals surface area contributed by atoms with E-state index in [1.165, 1.54) is 0 Å². The summed E-state index contributed by atoms with van der Waals surface area (Å²) in [6.45, 7) is 8.33. The molecule has 2 nitrogen and oxygen atoms in total. The van der Waals surface area contributed by atoms with Crippen molar-refractivity contribution in [2.45, 2.75) is 43.1 Å². The summed E-state index contributed by atoms with van der Waals surface area (Å²) in [5.74, 6) is 0.485. The second kappa shape index (κ2) is 8.40. The molecule has 1 fully saturated rings. The van der Waals surface area contributed by atoms with Gasteiger partial charge in [0.25, 0.3) is 0 Å². The first-order valence-corrected chi connectivity index (χ1v) is 9.03. The van der Waals surface area contributed by atoms with Crippen molar-refractivity contribution in [2.24, 2.45) is 5.92 Å². The van der Waals surface area contributed by atoms with E-state index in [4.69, 9.17) is 0 Å². The van der Waals surface area contributed by atoms with Gasteiger partial charge < -0.3 is 5.32 Å². The molecule has 0 aliphatic carbocycles. The molecule has 1 aliphatic rings. The van der Waals surface area contributed by atoms with Gasteiger partial charge in [0.1, 0.15) is 0 Å². The lowest BCUT2D eigenvalue weighted by Crippen LogP contribution is -2.46. The van der Waals surface area contributed by atoms with Gasteiger partial charge in [-0.3, -0.25) is 4.90 Å². The molecule has 2 rings (SSSR count). The van der Waals surface area contributed by atoms with Gasteiger partial charge in [0.15, 0.2) is 0 Å². The Kier molecular flexibility index (Phi) is 6.80. The van der Waals surface area contributed by atoms with E-state index in [0.717, 1.165) is 44.6 Å². The first-order valence-electron chi connectivity index (χ1n) is 8.21. The second-order valence-corrected chi connectivity index (χ2v) is 7.25. The van der Waals surface area contributed by atoms with Crippen molar-refractivity contribution < 1.29 is 13.2 Å². The van der Waals surface area contributed by atoms with Gasteiger partial charge in [-0.2, -0.15) is 13.2 Å². The van der Waals surface area contributed by atoms with Crippen LogP contribution >= 0.6 is 11.8 Å². The minimum absolute atomic E-state index is 0.0482. The Bertz CT molecular complexity index is 470. The highest BCUT2D eigenvalue weighted by Crippen LogP contribution is 2.38. The lowest BCUT2D eigenvalue weighted by Gasteiger charge is -2.38. The standard InChI is InChI=1S/C17H25F3N2S/c1-3-4-13(2)16(22-11-9-21-10-12-22)14-5-7-15(8-6-14)23-17(18,19)20/h5-8,13,16,21H,3-4,9-12H2,1-2H3/t13?,16-/m1/s1. The van der Waals surface area contributed by atoms with Crippen LogP contribution in [-0.4, -0.2) is 36.6 Å². The molecule has 1 unspecified atom stereocenters. The van der Waals surface area contributed by atoms with E-state index in [0.29, 0.717) is 5.92 Å². The fraction of sp³-hybridized carbons (Fsp3) is 0.647. The van der Waals surface area contributed by atoms with Crippen molar-refractivity contribution in [3.05, 3.63) is 29.8 Å². The van der Waals surface area contributed by atoms with Crippen LogP contribution in [0.5, 0.6) is 0 Å². The SMILES string of the molecule is CCCC(C)[C@H](c1ccc(SC(F)(F)F)cc1)N1CCNCC1. The van der Waals surface area contributed by atoms with E-state index in [-0.39, 0.29) is 22.7 Å². The molecule has 1 heterocycles. The molecule has 0 aromatic heterocycles. The van der Waals surface area contributed by atoms with Crippen LogP contribution in [0.25, 0.3) is 0 Å². The summed E-state index contributed by atoms with van der Waals surface area (Å²) < 4.78 is 37.4. The van der Waals surface area contributed by atoms with E-state index in [9.17, 15) is 13.2 Å². The third-order valence-electron chi connectivity index (χ3n) is 4.28. The van der Waals surface area contributed by atoms with Crippen molar-refractivity contribution in [3.8, 4) is 0 Å². The van der Waals surface area contributed by atoms with Crippen molar-refractivity contribution in [1.82, 2.24) is 10.2 Å². The van der Waals surface area contributed by atoms with Crippen LogP contribution < -0.4 is 5.32 Å². The predicted octanol–water partition coefficient (Wildman–Crippen LogP) is 4.68. The minimum Gasteiger partial charge on any atom is -0.314 e. The molecular weight excluding hydrogens is 321 g/mol. The molecule has 130 valence electrons. The third kappa shape index (κ3) is 5.69. The average Bonchev–Trinajstić information content (AvgIpc) is 2.49. The average molecular weight is 346 g/mol. The van der Waals surface area contributed by atoms with E-state index in [1.807, 2.05) is 12.1 Å². The van der Waals surface area contributed by atoms with Crippen LogP contribution in [0.1, 0.15) is 38.3 Å². The van der Waals surface area contributed by atoms with Crippen molar-refractivity contribution in [1.29, 1.82) is 0 Å². The van der Waals surface area contributed by atoms with E-state index >= 15 is 0 Å². The summed E-state index contributed by atoms with van der Waals surface area (Å²) in [7, 11) is 0. The van der Waals surface area contributed by atoms with E-state index in [1.54, 1.807) is 12.1 Å². The Morgan fingerprint density at radius 3 is 2.30 bits per heavy atom. The zero-order chi connectivity index (χ0) is 16.9. The Balaban J connectivity index is 2.17. The minimum atomic E-state index is -4.23. The third-order valence-corrected chi connectivity index (χ3v) is 5.02. The zero-order valence-electron chi connectivity index (χ0n) is 13.7. The number of hydrogen-bond donors (Lipinski definition) is 1. The van der Waals surface area contributed by atoms with Gasteiger partial charge in [-0.05, 0) is 41.8 Å². The fourth-order valence-electron chi connectivity index (χ4n) is 3.34. The van der Waals surface area contributed by atoms with Crippen LogP contribution in [-0.2, 0) is 0 Å². The number of nitrogens with one attached hydrogen (secondary N) is 1. The highest BCUT2D eigenvalue weighted by Gasteiger charge is 2.30. The lowest BCUT2D eigenvalue weighted by molar-refractivity contribution is -0.0328. The predicted molar refractivity (Wildman–Crippen MR) is 89.6 cm³/mol. The molecule has 1 aromatic carbocycles. The second-order valence-electron chi connectivity index (χ2n) is 6.11. The summed E-state index contributed by atoms with van der Waals surface area (Å²) in [4.78, 5) is 2.71. The van der Waals surface area contributed by atoms with Gasteiger partial charge in [-0.15, -0.1) is 0 Å². The van der Waals surface area contributed by atoms with Crippen LogP contribution in [0.15, 0.2) is 29.2 Å². The summed E-state index contributed by atoms with van der Waals surface area (Å²) in [6.07, 6.45) is 2.24. The molecule has 1 saturated heterocycles. The van der Waals surface area contributed by atoms with Crippen LogP contribution in [0.2, 0.25) is 0 Å². The van der Waals surface area contributed by atoms with Gasteiger partial charge in [-0.1, -0.05) is 32.4 Å². The van der Waals surface area contributed by atoms with Gasteiger partial charge in [0.05, 0.1) is 0 Å². The number of thioether (sulfide) groups is 1. The maximum absolute atomic E-state index is 12.5. The maximum Gasteiger partial charge on any atom is 0.446 e. The van der Waals surface area contributed by atoms with Gasteiger partial charge in [0.2, 0.25) is 0 Å². The van der Waals surface area contributed by atoms with Gasteiger partial charge >= 0.3 is 5.51 Å². The topological polar surface area (TPSA) is 15.3 Å². The van der Waals surface area contributed by atoms with Gasteiger partial charge in [0, 0.05) is 37.1 Å². The molecule has 23 heavy (non-hydrogen) atoms. The highest BCUT2D eigenvalue weighted by atomic mass is 32.2. The Hall–Kier alpha value is -0.720. The summed E-state index contributed by atoms with van der Waals surface area (Å²) in [5.41, 5.74) is -3.10. The number of halogens is 3. The van der Waals surface area contributed by atoms with E-state index in [2.05, 4.69) is 24.1 Å². The molecule has 1 aromatic rings. The summed E-state index contributed by atoms with van der Waals surface area (Å²) >= 11 is -0.0482. The molecule has 0 saturated carbocycles. The normalized spacial score (nSPS) is 19.5. The fourth-order valence-corrected chi connectivity index (χ4v) is 3.88. The number of hydrogen-bond acceptors (Lipinski definition) is 3. The Labute approximate surface area is 140 Å². The van der Waals surface area contributed by atoms with Crippen molar-refractivity contribution in [2.75, 3.05) is 26.2 Å². The van der Waals surface area contributed by atoms with E-state index < -0.39 is 5.51 Å². The highest BCUT2D eigenvalue weighted by molar-refractivity contribution is 8.00. The molecule has 0 spiro atoms. The Morgan fingerprint density at radius 1 is 1.17 bits per heavy atom. The smallest absolute Gasteiger partial charge is 0.314 e. The van der Waals surface area contributed by atoms with Crippen molar-refractivity contribution in [3.63, 3.8) is 0 Å². The maximum atomic E-state index is 12.5. The molecular formula is C17H25F3N2S. The molecule has 2 atom stereocenters. The number of rotatable bonds is 6. The van der Waals surface area contributed by atoms with Crippen molar-refractivity contribution >= 4 is 11.8 Å². The first kappa shape index (κ1) is 18.6. The molecule has 1 N–H and O–H groups in total. The monoisotopic (exact) mass is 346 g/mol. The number of piperazine rings is 1. The van der Waals surface area contributed by atoms with Crippen LogP contribution in [0.3, 0.4) is 0 Å². The number of alkyl halides is 3. The summed E-state index contributed by atoms with van der Waals surface area (Å²) in [6, 6.07) is 7.21. The quantitative estimate of drug-likeness (QED) is 0.753.